The fourth-order valence-corrected chi connectivity index (χ4v) is 2.32. The zero-order chi connectivity index (χ0) is 13.1. The first-order valence-electron chi connectivity index (χ1n) is 6.28. The quantitative estimate of drug-likeness (QED) is 0.859. The summed E-state index contributed by atoms with van der Waals surface area (Å²) in [5.74, 6) is 0.578. The minimum absolute atomic E-state index is 0. The van der Waals surface area contributed by atoms with E-state index in [2.05, 4.69) is 4.98 Å². The molecule has 0 saturated carbocycles. The van der Waals surface area contributed by atoms with Crippen LogP contribution in [0.15, 0.2) is 18.2 Å². The van der Waals surface area contributed by atoms with Crippen LogP contribution in [0.1, 0.15) is 30.3 Å². The van der Waals surface area contributed by atoms with Crippen LogP contribution in [0, 0.1) is 5.92 Å². The van der Waals surface area contributed by atoms with Crippen molar-refractivity contribution in [2.75, 3.05) is 18.8 Å². The zero-order valence-electron chi connectivity index (χ0n) is 11.0. The Hall–Kier alpha value is -1.33. The summed E-state index contributed by atoms with van der Waals surface area (Å²) in [7, 11) is 0. The first kappa shape index (κ1) is 15.7. The van der Waals surface area contributed by atoms with Gasteiger partial charge in [-0.25, -0.2) is 4.98 Å². The normalized spacial score (nSPS) is 17.7. The van der Waals surface area contributed by atoms with E-state index in [-0.39, 0.29) is 24.4 Å². The van der Waals surface area contributed by atoms with Crippen molar-refractivity contribution < 1.29 is 9.90 Å². The van der Waals surface area contributed by atoms with Crippen LogP contribution in [0.2, 0.25) is 0 Å². The molecular formula is C13H20ClN3O2. The summed E-state index contributed by atoms with van der Waals surface area (Å²) in [5.41, 5.74) is 5.97. The molecule has 1 aliphatic rings. The number of halogens is 1. The lowest BCUT2D eigenvalue weighted by atomic mass is 9.92. The highest BCUT2D eigenvalue weighted by atomic mass is 35.5. The number of hydrogen-bond acceptors (Lipinski definition) is 4. The lowest BCUT2D eigenvalue weighted by Crippen LogP contribution is -2.41. The van der Waals surface area contributed by atoms with Gasteiger partial charge in [-0.3, -0.25) is 4.79 Å². The Morgan fingerprint density at radius 1 is 1.47 bits per heavy atom. The van der Waals surface area contributed by atoms with Gasteiger partial charge in [-0.2, -0.15) is 0 Å². The molecular weight excluding hydrogens is 266 g/mol. The summed E-state index contributed by atoms with van der Waals surface area (Å²) in [6, 6.07) is 5.08. The molecule has 1 amide bonds. The third kappa shape index (κ3) is 3.81. The molecule has 1 unspecified atom stereocenters. The van der Waals surface area contributed by atoms with Gasteiger partial charge in [-0.05, 0) is 37.8 Å². The maximum Gasteiger partial charge on any atom is 0.272 e. The van der Waals surface area contributed by atoms with Crippen LogP contribution >= 0.6 is 12.4 Å². The second-order valence-corrected chi connectivity index (χ2v) is 4.82. The monoisotopic (exact) mass is 285 g/mol. The summed E-state index contributed by atoms with van der Waals surface area (Å²) in [6.07, 6.45) is 1.38. The van der Waals surface area contributed by atoms with Crippen molar-refractivity contribution in [2.24, 2.45) is 5.92 Å². The molecule has 0 aromatic carbocycles. The molecule has 3 N–H and O–H groups in total. The molecule has 5 nitrogen and oxygen atoms in total. The highest BCUT2D eigenvalue weighted by Gasteiger charge is 2.26. The number of carbonyl (C=O) groups excluding carboxylic acids is 1. The number of nitrogen functional groups attached to an aromatic ring is 1. The molecule has 1 aromatic heterocycles. The van der Waals surface area contributed by atoms with Gasteiger partial charge in [0.1, 0.15) is 11.5 Å². The van der Waals surface area contributed by atoms with Gasteiger partial charge in [0.2, 0.25) is 0 Å². The number of anilines is 1. The molecule has 2 rings (SSSR count). The number of aliphatic hydroxyl groups excluding tert-OH is 1. The van der Waals surface area contributed by atoms with Crippen molar-refractivity contribution in [3.05, 3.63) is 23.9 Å². The number of piperidine rings is 1. The lowest BCUT2D eigenvalue weighted by molar-refractivity contribution is 0.0517. The summed E-state index contributed by atoms with van der Waals surface area (Å²) < 4.78 is 0. The number of likely N-dealkylation sites (tertiary alicyclic amines) is 1. The third-order valence-corrected chi connectivity index (χ3v) is 3.50. The highest BCUT2D eigenvalue weighted by Crippen LogP contribution is 2.21. The Bertz CT molecular complexity index is 432. The molecule has 1 fully saturated rings. The first-order valence-corrected chi connectivity index (χ1v) is 6.28. The number of carbonyl (C=O) groups is 1. The van der Waals surface area contributed by atoms with Crippen LogP contribution < -0.4 is 5.73 Å². The SMILES string of the molecule is CC(O)C1CCN(C(=O)c2cccc(N)n2)CC1.Cl. The fourth-order valence-electron chi connectivity index (χ4n) is 2.32. The molecule has 106 valence electrons. The maximum absolute atomic E-state index is 12.2. The largest absolute Gasteiger partial charge is 0.393 e. The van der Waals surface area contributed by atoms with Crippen molar-refractivity contribution in [3.8, 4) is 0 Å². The second-order valence-electron chi connectivity index (χ2n) is 4.82. The van der Waals surface area contributed by atoms with Crippen LogP contribution in [-0.4, -0.2) is 40.1 Å². The van der Waals surface area contributed by atoms with E-state index in [0.29, 0.717) is 30.5 Å². The average molecular weight is 286 g/mol. The number of amides is 1. The molecule has 1 saturated heterocycles. The third-order valence-electron chi connectivity index (χ3n) is 3.50. The Kier molecular flexibility index (Phi) is 5.57. The summed E-state index contributed by atoms with van der Waals surface area (Å²) in [5, 5.41) is 9.52. The van der Waals surface area contributed by atoms with Gasteiger partial charge in [-0.15, -0.1) is 12.4 Å². The van der Waals surface area contributed by atoms with E-state index in [9.17, 15) is 9.90 Å². The number of aromatic nitrogens is 1. The standard InChI is InChI=1S/C13H19N3O2.ClH/c1-9(17)10-5-7-16(8-6-10)13(18)11-3-2-4-12(14)15-11;/h2-4,9-10,17H,5-8H2,1H3,(H2,14,15);1H. The van der Waals surface area contributed by atoms with E-state index < -0.39 is 0 Å². The van der Waals surface area contributed by atoms with Gasteiger partial charge in [0.15, 0.2) is 0 Å². The van der Waals surface area contributed by atoms with Crippen molar-refractivity contribution in [1.82, 2.24) is 9.88 Å². The van der Waals surface area contributed by atoms with Crippen molar-refractivity contribution in [2.45, 2.75) is 25.9 Å². The Morgan fingerprint density at radius 3 is 2.63 bits per heavy atom. The van der Waals surface area contributed by atoms with Crippen LogP contribution in [0.25, 0.3) is 0 Å². The Labute approximate surface area is 119 Å². The van der Waals surface area contributed by atoms with E-state index >= 15 is 0 Å². The predicted octanol–water partition coefficient (Wildman–Crippen LogP) is 1.32. The molecule has 19 heavy (non-hydrogen) atoms. The molecule has 1 aliphatic heterocycles. The lowest BCUT2D eigenvalue weighted by Gasteiger charge is -2.33. The second kappa shape index (κ2) is 6.73. The van der Waals surface area contributed by atoms with Gasteiger partial charge in [-0.1, -0.05) is 6.07 Å². The van der Waals surface area contributed by atoms with Gasteiger partial charge in [0.25, 0.3) is 5.91 Å². The number of rotatable bonds is 2. The van der Waals surface area contributed by atoms with Crippen molar-refractivity contribution in [1.29, 1.82) is 0 Å². The van der Waals surface area contributed by atoms with E-state index in [1.807, 2.05) is 6.92 Å². The Balaban J connectivity index is 0.00000180. The van der Waals surface area contributed by atoms with Gasteiger partial charge in [0.05, 0.1) is 6.10 Å². The number of hydrogen-bond donors (Lipinski definition) is 2. The van der Waals surface area contributed by atoms with Gasteiger partial charge >= 0.3 is 0 Å². The zero-order valence-corrected chi connectivity index (χ0v) is 11.8. The molecule has 0 spiro atoms. The maximum atomic E-state index is 12.2. The molecule has 0 bridgehead atoms. The van der Waals surface area contributed by atoms with E-state index in [0.717, 1.165) is 12.8 Å². The fraction of sp³-hybridized carbons (Fsp3) is 0.538. The molecule has 0 radical (unpaired) electrons. The molecule has 6 heteroatoms. The number of nitrogens with two attached hydrogens (primary N) is 1. The van der Waals surface area contributed by atoms with Crippen molar-refractivity contribution in [3.63, 3.8) is 0 Å². The van der Waals surface area contributed by atoms with Crippen LogP contribution in [0.4, 0.5) is 5.82 Å². The number of pyridine rings is 1. The van der Waals surface area contributed by atoms with Crippen LogP contribution in [0.5, 0.6) is 0 Å². The summed E-state index contributed by atoms with van der Waals surface area (Å²) >= 11 is 0. The van der Waals surface area contributed by atoms with Crippen LogP contribution in [0.3, 0.4) is 0 Å². The minimum atomic E-state index is -0.298. The number of nitrogens with zero attached hydrogens (tertiary/aromatic N) is 2. The van der Waals surface area contributed by atoms with Gasteiger partial charge in [0, 0.05) is 13.1 Å². The molecule has 1 aromatic rings. The van der Waals surface area contributed by atoms with E-state index in [1.165, 1.54) is 0 Å². The molecule has 2 heterocycles. The van der Waals surface area contributed by atoms with Crippen LogP contribution in [-0.2, 0) is 0 Å². The van der Waals surface area contributed by atoms with E-state index in [1.54, 1.807) is 23.1 Å². The molecule has 0 aliphatic carbocycles. The minimum Gasteiger partial charge on any atom is -0.393 e. The van der Waals surface area contributed by atoms with E-state index in [4.69, 9.17) is 5.73 Å². The smallest absolute Gasteiger partial charge is 0.272 e. The predicted molar refractivity (Wildman–Crippen MR) is 76.2 cm³/mol. The topological polar surface area (TPSA) is 79.5 Å². The summed E-state index contributed by atoms with van der Waals surface area (Å²) in [4.78, 5) is 18.0. The molecule has 1 atom stereocenters. The average Bonchev–Trinajstić information content (AvgIpc) is 2.38. The Morgan fingerprint density at radius 2 is 2.11 bits per heavy atom. The number of aliphatic hydroxyl groups is 1. The van der Waals surface area contributed by atoms with Crippen molar-refractivity contribution >= 4 is 24.1 Å². The first-order chi connectivity index (χ1) is 8.58. The highest BCUT2D eigenvalue weighted by molar-refractivity contribution is 5.92. The van der Waals surface area contributed by atoms with Gasteiger partial charge < -0.3 is 15.7 Å². The summed E-state index contributed by atoms with van der Waals surface area (Å²) in [6.45, 7) is 3.15.